The molecule has 17 heavy (non-hydrogen) atoms. The first-order valence-corrected chi connectivity index (χ1v) is 5.11. The van der Waals surface area contributed by atoms with Crippen LogP contribution in [0, 0.1) is 0 Å². The molecule has 0 unspecified atom stereocenters. The summed E-state index contributed by atoms with van der Waals surface area (Å²) in [6, 6.07) is 3.27. The van der Waals surface area contributed by atoms with Crippen molar-refractivity contribution in [2.45, 2.75) is 6.92 Å². The molecule has 1 aromatic rings. The van der Waals surface area contributed by atoms with Gasteiger partial charge in [0.25, 0.3) is 0 Å². The number of hydrogen-bond donors (Lipinski definition) is 1. The highest BCUT2D eigenvalue weighted by molar-refractivity contribution is 6.05. The zero-order valence-corrected chi connectivity index (χ0v) is 9.27. The number of nitrogens with one attached hydrogen (secondary N) is 1. The van der Waals surface area contributed by atoms with Crippen molar-refractivity contribution in [3.8, 4) is 0 Å². The van der Waals surface area contributed by atoms with Crippen molar-refractivity contribution < 1.29 is 14.4 Å². The second-order valence-electron chi connectivity index (χ2n) is 3.76. The quantitative estimate of drug-likeness (QED) is 0.562. The molecule has 0 radical (unpaired) electrons. The first kappa shape index (κ1) is 11.3. The molecular formula is C11H11N3O3. The first-order chi connectivity index (χ1) is 8.08. The fourth-order valence-electron chi connectivity index (χ4n) is 1.71. The zero-order chi connectivity index (χ0) is 12.4. The number of nitrogens with zero attached hydrogens (tertiary/aromatic N) is 2. The van der Waals surface area contributed by atoms with E-state index in [2.05, 4.69) is 10.3 Å². The number of piperazine rings is 1. The number of amides is 2. The highest BCUT2D eigenvalue weighted by Gasteiger charge is 2.25. The van der Waals surface area contributed by atoms with E-state index >= 15 is 0 Å². The predicted octanol–water partition coefficient (Wildman–Crippen LogP) is -0.253. The number of imide groups is 1. The second kappa shape index (κ2) is 4.32. The summed E-state index contributed by atoms with van der Waals surface area (Å²) in [5.74, 6) is -0.544. The highest BCUT2D eigenvalue weighted by atomic mass is 16.2. The maximum absolute atomic E-state index is 11.4. The van der Waals surface area contributed by atoms with E-state index in [4.69, 9.17) is 0 Å². The number of pyridine rings is 1. The molecule has 0 spiro atoms. The van der Waals surface area contributed by atoms with Gasteiger partial charge in [0.2, 0.25) is 11.8 Å². The lowest BCUT2D eigenvalue weighted by Crippen LogP contribution is -2.52. The number of aromatic nitrogens is 1. The van der Waals surface area contributed by atoms with Crippen molar-refractivity contribution in [3.05, 3.63) is 23.9 Å². The van der Waals surface area contributed by atoms with Crippen LogP contribution in [0.5, 0.6) is 0 Å². The van der Waals surface area contributed by atoms with Gasteiger partial charge in [-0.1, -0.05) is 0 Å². The number of hydrogen-bond acceptors (Lipinski definition) is 5. The molecule has 6 nitrogen and oxygen atoms in total. The Morgan fingerprint density at radius 3 is 2.59 bits per heavy atom. The normalized spacial score (nSPS) is 15.7. The monoisotopic (exact) mass is 233 g/mol. The van der Waals surface area contributed by atoms with Gasteiger partial charge in [-0.2, -0.15) is 0 Å². The Morgan fingerprint density at radius 2 is 2.00 bits per heavy atom. The molecule has 2 rings (SSSR count). The van der Waals surface area contributed by atoms with Gasteiger partial charge >= 0.3 is 0 Å². The van der Waals surface area contributed by atoms with Gasteiger partial charge in [0.1, 0.15) is 5.82 Å². The van der Waals surface area contributed by atoms with Gasteiger partial charge in [-0.05, 0) is 19.1 Å². The van der Waals surface area contributed by atoms with Crippen LogP contribution in [0.4, 0.5) is 5.82 Å². The van der Waals surface area contributed by atoms with Gasteiger partial charge < -0.3 is 4.90 Å². The summed E-state index contributed by atoms with van der Waals surface area (Å²) >= 11 is 0. The average molecular weight is 233 g/mol. The van der Waals surface area contributed by atoms with E-state index in [1.807, 2.05) is 0 Å². The molecule has 1 aliphatic heterocycles. The SMILES string of the molecule is CC(=O)c1cccnc1N1CC(=O)NC(=O)C1. The van der Waals surface area contributed by atoms with Gasteiger partial charge in [-0.15, -0.1) is 0 Å². The van der Waals surface area contributed by atoms with Crippen LogP contribution < -0.4 is 10.2 Å². The van der Waals surface area contributed by atoms with Crippen molar-refractivity contribution in [1.29, 1.82) is 0 Å². The molecule has 1 aliphatic rings. The van der Waals surface area contributed by atoms with Crippen LogP contribution in [0.1, 0.15) is 17.3 Å². The van der Waals surface area contributed by atoms with Crippen LogP contribution in [0.15, 0.2) is 18.3 Å². The van der Waals surface area contributed by atoms with Gasteiger partial charge in [0.05, 0.1) is 18.7 Å². The lowest BCUT2D eigenvalue weighted by Gasteiger charge is -2.27. The molecule has 6 heteroatoms. The molecule has 2 heterocycles. The maximum Gasteiger partial charge on any atom is 0.246 e. The molecule has 1 N–H and O–H groups in total. The van der Waals surface area contributed by atoms with E-state index < -0.39 is 0 Å². The Bertz CT molecular complexity index is 482. The molecule has 0 aliphatic carbocycles. The fraction of sp³-hybridized carbons (Fsp3) is 0.273. The Hall–Kier alpha value is -2.24. The van der Waals surface area contributed by atoms with Crippen molar-refractivity contribution in [1.82, 2.24) is 10.3 Å². The van der Waals surface area contributed by atoms with Crippen molar-refractivity contribution in [3.63, 3.8) is 0 Å². The summed E-state index contributed by atoms with van der Waals surface area (Å²) in [6.07, 6.45) is 1.53. The first-order valence-electron chi connectivity index (χ1n) is 5.11. The third-order valence-electron chi connectivity index (χ3n) is 2.41. The van der Waals surface area contributed by atoms with Crippen LogP contribution in [0.3, 0.4) is 0 Å². The molecule has 0 aromatic carbocycles. The van der Waals surface area contributed by atoms with Gasteiger partial charge in [0, 0.05) is 6.20 Å². The van der Waals surface area contributed by atoms with Crippen molar-refractivity contribution in [2.24, 2.45) is 0 Å². The molecule has 1 aromatic heterocycles. The number of Topliss-reactive ketones (excluding diaryl/α,β-unsaturated/α-hetero) is 1. The summed E-state index contributed by atoms with van der Waals surface area (Å²) in [5, 5.41) is 2.20. The number of anilines is 1. The van der Waals surface area contributed by atoms with Crippen LogP contribution >= 0.6 is 0 Å². The van der Waals surface area contributed by atoms with Crippen molar-refractivity contribution in [2.75, 3.05) is 18.0 Å². The summed E-state index contributed by atoms with van der Waals surface area (Å²) in [7, 11) is 0. The third kappa shape index (κ3) is 2.30. The highest BCUT2D eigenvalue weighted by Crippen LogP contribution is 2.18. The largest absolute Gasteiger partial charge is 0.337 e. The molecule has 1 saturated heterocycles. The number of rotatable bonds is 2. The average Bonchev–Trinajstić information content (AvgIpc) is 2.27. The van der Waals surface area contributed by atoms with E-state index in [0.717, 1.165) is 0 Å². The Morgan fingerprint density at radius 1 is 1.35 bits per heavy atom. The summed E-state index contributed by atoms with van der Waals surface area (Å²) in [4.78, 5) is 39.5. The summed E-state index contributed by atoms with van der Waals surface area (Å²) in [5.41, 5.74) is 0.412. The molecule has 0 atom stereocenters. The molecule has 0 bridgehead atoms. The Kier molecular flexibility index (Phi) is 2.86. The van der Waals surface area contributed by atoms with Crippen molar-refractivity contribution >= 4 is 23.4 Å². The minimum atomic E-state index is -0.388. The van der Waals surface area contributed by atoms with E-state index in [9.17, 15) is 14.4 Å². The van der Waals surface area contributed by atoms with Crippen LogP contribution in [-0.2, 0) is 9.59 Å². The molecule has 88 valence electrons. The van der Waals surface area contributed by atoms with E-state index in [1.165, 1.54) is 18.0 Å². The molecule has 0 saturated carbocycles. The van der Waals surface area contributed by atoms with Crippen LogP contribution in [-0.4, -0.2) is 35.7 Å². The van der Waals surface area contributed by atoms with E-state index in [0.29, 0.717) is 11.4 Å². The summed E-state index contributed by atoms with van der Waals surface area (Å²) < 4.78 is 0. The lowest BCUT2D eigenvalue weighted by molar-refractivity contribution is -0.130. The van der Waals surface area contributed by atoms with Crippen LogP contribution in [0.25, 0.3) is 0 Å². The molecule has 2 amide bonds. The van der Waals surface area contributed by atoms with Gasteiger partial charge in [0.15, 0.2) is 5.78 Å². The molecular weight excluding hydrogens is 222 g/mol. The van der Waals surface area contributed by atoms with E-state index in [-0.39, 0.29) is 30.7 Å². The summed E-state index contributed by atoms with van der Waals surface area (Å²) in [6.45, 7) is 1.48. The fourth-order valence-corrected chi connectivity index (χ4v) is 1.71. The van der Waals surface area contributed by atoms with Gasteiger partial charge in [-0.25, -0.2) is 4.98 Å². The smallest absolute Gasteiger partial charge is 0.246 e. The van der Waals surface area contributed by atoms with E-state index in [1.54, 1.807) is 12.1 Å². The Labute approximate surface area is 97.6 Å². The second-order valence-corrected chi connectivity index (χ2v) is 3.76. The number of ketones is 1. The lowest BCUT2D eigenvalue weighted by atomic mass is 10.1. The minimum absolute atomic E-state index is 0.0308. The Balaban J connectivity index is 2.36. The topological polar surface area (TPSA) is 79.4 Å². The zero-order valence-electron chi connectivity index (χ0n) is 9.27. The number of carbonyl (C=O) groups excluding carboxylic acids is 3. The number of carbonyl (C=O) groups is 3. The standard InChI is InChI=1S/C11H11N3O3/c1-7(15)8-3-2-4-12-11(8)14-5-9(16)13-10(17)6-14/h2-4H,5-6H2,1H3,(H,13,16,17). The minimum Gasteiger partial charge on any atom is -0.337 e. The predicted molar refractivity (Wildman–Crippen MR) is 59.6 cm³/mol. The van der Waals surface area contributed by atoms with Crippen LogP contribution in [0.2, 0.25) is 0 Å². The maximum atomic E-state index is 11.4. The third-order valence-corrected chi connectivity index (χ3v) is 2.41. The van der Waals surface area contributed by atoms with Gasteiger partial charge in [-0.3, -0.25) is 19.7 Å². The molecule has 1 fully saturated rings.